The molecule has 0 radical (unpaired) electrons. The Hall–Kier alpha value is -2.93. The summed E-state index contributed by atoms with van der Waals surface area (Å²) in [5.41, 5.74) is 5.54. The van der Waals surface area contributed by atoms with E-state index in [1.54, 1.807) is 7.11 Å². The molecule has 1 spiro atoms. The minimum Gasteiger partial charge on any atom is -0.496 e. The predicted molar refractivity (Wildman–Crippen MR) is 135 cm³/mol. The van der Waals surface area contributed by atoms with E-state index in [4.69, 9.17) is 9.57 Å². The Morgan fingerprint density at radius 2 is 1.81 bits per heavy atom. The number of carboxylic acids is 1. The molecule has 0 bridgehead atoms. The first-order chi connectivity index (χ1) is 17.4. The summed E-state index contributed by atoms with van der Waals surface area (Å²) in [6.45, 7) is 2.44. The van der Waals surface area contributed by atoms with Crippen molar-refractivity contribution in [3.8, 4) is 16.9 Å². The Kier molecular flexibility index (Phi) is 5.98. The second-order valence-electron chi connectivity index (χ2n) is 11.1. The van der Waals surface area contributed by atoms with Gasteiger partial charge in [-0.2, -0.15) is 0 Å². The zero-order valence-corrected chi connectivity index (χ0v) is 20.7. The summed E-state index contributed by atoms with van der Waals surface area (Å²) < 4.78 is 19.3. The summed E-state index contributed by atoms with van der Waals surface area (Å²) in [6, 6.07) is 11.1. The van der Waals surface area contributed by atoms with E-state index in [-0.39, 0.29) is 17.3 Å². The molecule has 1 N–H and O–H groups in total. The van der Waals surface area contributed by atoms with Crippen LogP contribution in [-0.2, 0) is 16.2 Å². The number of benzene rings is 2. The van der Waals surface area contributed by atoms with E-state index < -0.39 is 5.97 Å². The number of oxime groups is 1. The Labute approximate surface area is 211 Å². The summed E-state index contributed by atoms with van der Waals surface area (Å²) >= 11 is 0. The topological polar surface area (TPSA) is 71.4 Å². The molecule has 0 atom stereocenters. The van der Waals surface area contributed by atoms with Gasteiger partial charge in [-0.1, -0.05) is 17.3 Å². The third-order valence-corrected chi connectivity index (χ3v) is 8.45. The summed E-state index contributed by atoms with van der Waals surface area (Å²) in [5, 5.41) is 13.7. The van der Waals surface area contributed by atoms with E-state index in [1.165, 1.54) is 36.1 Å². The van der Waals surface area contributed by atoms with Crippen LogP contribution in [0, 0.1) is 17.7 Å². The van der Waals surface area contributed by atoms with Crippen LogP contribution in [0.3, 0.4) is 0 Å². The molecule has 0 unspecified atom stereocenters. The molecule has 0 aromatic heterocycles. The van der Waals surface area contributed by atoms with Gasteiger partial charge in [0.05, 0.1) is 18.7 Å². The minimum absolute atomic E-state index is 0.206. The number of aliphatic carboxylic acids is 1. The molecular formula is C29H33FN2O4. The molecule has 2 aromatic carbocycles. The minimum atomic E-state index is -0.671. The molecule has 7 heteroatoms. The fourth-order valence-corrected chi connectivity index (χ4v) is 6.30. The van der Waals surface area contributed by atoms with Gasteiger partial charge >= 0.3 is 5.97 Å². The molecule has 2 aromatic rings. The van der Waals surface area contributed by atoms with Crippen LogP contribution in [-0.4, -0.2) is 47.5 Å². The average molecular weight is 493 g/mol. The van der Waals surface area contributed by atoms with E-state index in [2.05, 4.69) is 22.2 Å². The molecule has 2 aliphatic heterocycles. The lowest BCUT2D eigenvalue weighted by Crippen LogP contribution is -2.61. The maximum Gasteiger partial charge on any atom is 0.306 e. The summed E-state index contributed by atoms with van der Waals surface area (Å²) in [4.78, 5) is 19.6. The van der Waals surface area contributed by atoms with Gasteiger partial charge in [0.2, 0.25) is 0 Å². The Morgan fingerprint density at radius 1 is 1.11 bits per heavy atom. The van der Waals surface area contributed by atoms with E-state index in [0.717, 1.165) is 74.3 Å². The lowest BCUT2D eigenvalue weighted by atomic mass is 9.76. The average Bonchev–Trinajstić information content (AvgIpc) is 3.62. The number of rotatable bonds is 7. The second kappa shape index (κ2) is 9.18. The smallest absolute Gasteiger partial charge is 0.306 e. The number of likely N-dealkylation sites (tertiary alicyclic amines) is 1. The molecule has 0 amide bonds. The highest BCUT2D eigenvalue weighted by Gasteiger charge is 2.51. The van der Waals surface area contributed by atoms with Crippen molar-refractivity contribution in [3.05, 3.63) is 53.3 Å². The molecular weight excluding hydrogens is 459 g/mol. The molecule has 2 heterocycles. The largest absolute Gasteiger partial charge is 0.496 e. The van der Waals surface area contributed by atoms with Crippen LogP contribution in [0.2, 0.25) is 0 Å². The fraction of sp³-hybridized carbons (Fsp3) is 0.517. The molecule has 6 nitrogen and oxygen atoms in total. The summed E-state index contributed by atoms with van der Waals surface area (Å²) in [5.74, 6) is 0.671. The Bertz CT molecular complexity index is 1180. The number of carboxylic acid groups (broad SMARTS) is 1. The first-order valence-electron chi connectivity index (χ1n) is 13.1. The van der Waals surface area contributed by atoms with Gasteiger partial charge in [-0.15, -0.1) is 0 Å². The van der Waals surface area contributed by atoms with E-state index in [1.807, 2.05) is 12.1 Å². The van der Waals surface area contributed by atoms with Crippen molar-refractivity contribution in [3.63, 3.8) is 0 Å². The fourth-order valence-electron chi connectivity index (χ4n) is 6.30. The predicted octanol–water partition coefficient (Wildman–Crippen LogP) is 5.60. The molecule has 6 rings (SSSR count). The zero-order chi connectivity index (χ0) is 24.9. The maximum atomic E-state index is 13.5. The number of hydrogen-bond donors (Lipinski definition) is 1. The zero-order valence-electron chi connectivity index (χ0n) is 20.7. The first kappa shape index (κ1) is 23.5. The van der Waals surface area contributed by atoms with Crippen LogP contribution in [0.15, 0.2) is 41.6 Å². The molecule has 2 aliphatic carbocycles. The first-order valence-corrected chi connectivity index (χ1v) is 13.1. The summed E-state index contributed by atoms with van der Waals surface area (Å²) in [6.07, 6.45) is 6.47. The van der Waals surface area contributed by atoms with Crippen LogP contribution in [0.1, 0.15) is 62.0 Å². The van der Waals surface area contributed by atoms with Gasteiger partial charge in [0.25, 0.3) is 0 Å². The highest BCUT2D eigenvalue weighted by Crippen LogP contribution is 2.47. The van der Waals surface area contributed by atoms with Crippen molar-refractivity contribution in [1.82, 2.24) is 4.90 Å². The third kappa shape index (κ3) is 4.49. The molecule has 2 saturated carbocycles. The van der Waals surface area contributed by atoms with Crippen molar-refractivity contribution >= 4 is 11.7 Å². The van der Waals surface area contributed by atoms with Crippen LogP contribution < -0.4 is 4.74 Å². The maximum absolute atomic E-state index is 13.5. The quantitative estimate of drug-likeness (QED) is 0.545. The molecule has 36 heavy (non-hydrogen) atoms. The van der Waals surface area contributed by atoms with Crippen LogP contribution >= 0.6 is 0 Å². The van der Waals surface area contributed by atoms with Crippen LogP contribution in [0.5, 0.6) is 5.75 Å². The van der Waals surface area contributed by atoms with E-state index in [0.29, 0.717) is 11.8 Å². The number of carbonyl (C=O) groups is 1. The summed E-state index contributed by atoms with van der Waals surface area (Å²) in [7, 11) is 1.71. The van der Waals surface area contributed by atoms with Crippen molar-refractivity contribution < 1.29 is 23.9 Å². The number of halogens is 1. The number of nitrogens with zero attached hydrogens (tertiary/aromatic N) is 2. The van der Waals surface area contributed by atoms with Gasteiger partial charge in [-0.25, -0.2) is 4.39 Å². The normalized spacial score (nSPS) is 25.2. The Morgan fingerprint density at radius 3 is 2.44 bits per heavy atom. The van der Waals surface area contributed by atoms with Gasteiger partial charge in [0, 0.05) is 37.5 Å². The van der Waals surface area contributed by atoms with Crippen LogP contribution in [0.25, 0.3) is 11.1 Å². The number of ether oxygens (including phenoxy) is 1. The number of methoxy groups -OCH3 is 1. The monoisotopic (exact) mass is 492 g/mol. The lowest BCUT2D eigenvalue weighted by Gasteiger charge is -2.45. The third-order valence-electron chi connectivity index (χ3n) is 8.45. The van der Waals surface area contributed by atoms with Gasteiger partial charge in [0.15, 0.2) is 5.60 Å². The van der Waals surface area contributed by atoms with Crippen molar-refractivity contribution in [2.24, 2.45) is 17.0 Å². The SMILES string of the molecule is COc1cc(-c2ccc(F)cc2)c(C2CC2)cc1CN1CC2(CC(C3CCC(C(=O)O)CC3)=NO2)C1. The highest BCUT2D eigenvalue weighted by molar-refractivity contribution is 5.89. The van der Waals surface area contributed by atoms with Gasteiger partial charge in [-0.05, 0) is 85.4 Å². The van der Waals surface area contributed by atoms with Gasteiger partial charge < -0.3 is 14.7 Å². The van der Waals surface area contributed by atoms with Gasteiger partial charge in [-0.3, -0.25) is 9.69 Å². The van der Waals surface area contributed by atoms with Crippen LogP contribution in [0.4, 0.5) is 4.39 Å². The van der Waals surface area contributed by atoms with Crippen molar-refractivity contribution in [2.45, 2.75) is 63.0 Å². The standard InChI is InChI=1S/C29H33FN2O4/c1-35-27-13-25(19-8-10-23(30)11-9-19)24(18-2-3-18)12-22(27)15-32-16-29(17-32)14-26(31-36-29)20-4-6-21(7-5-20)28(33)34/h8-13,18,20-21H,2-7,14-17H2,1H3,(H,33,34). The van der Waals surface area contributed by atoms with Crippen molar-refractivity contribution in [2.75, 3.05) is 20.2 Å². The molecule has 1 saturated heterocycles. The Balaban J connectivity index is 1.11. The second-order valence-corrected chi connectivity index (χ2v) is 11.1. The molecule has 4 aliphatic rings. The van der Waals surface area contributed by atoms with E-state index >= 15 is 0 Å². The van der Waals surface area contributed by atoms with E-state index in [9.17, 15) is 14.3 Å². The molecule has 3 fully saturated rings. The van der Waals surface area contributed by atoms with Crippen molar-refractivity contribution in [1.29, 1.82) is 0 Å². The highest BCUT2D eigenvalue weighted by atomic mass is 19.1. The number of hydrogen-bond acceptors (Lipinski definition) is 5. The lowest BCUT2D eigenvalue weighted by molar-refractivity contribution is -0.142. The molecule has 190 valence electrons. The van der Waals surface area contributed by atoms with Gasteiger partial charge in [0.1, 0.15) is 11.6 Å².